The fourth-order valence-electron chi connectivity index (χ4n) is 1.81. The number of aromatic hydroxyl groups is 1. The molecule has 0 bridgehead atoms. The van der Waals surface area contributed by atoms with Crippen LogP contribution in [0.25, 0.3) is 6.08 Å². The number of hydrazine groups is 1. The lowest BCUT2D eigenvalue weighted by Gasteiger charge is -2.08. The van der Waals surface area contributed by atoms with E-state index in [9.17, 15) is 14.7 Å². The van der Waals surface area contributed by atoms with Gasteiger partial charge in [0, 0.05) is 6.08 Å². The molecule has 0 radical (unpaired) electrons. The smallest absolute Gasteiger partial charge is 0.273 e. The quantitative estimate of drug-likeness (QED) is 0.600. The summed E-state index contributed by atoms with van der Waals surface area (Å²) in [6.07, 6.45) is 2.94. The Morgan fingerprint density at radius 1 is 1.00 bits per heavy atom. The van der Waals surface area contributed by atoms with Gasteiger partial charge in [-0.25, -0.2) is 0 Å². The Morgan fingerprint density at radius 3 is 2.45 bits per heavy atom. The number of nitrogens with one attached hydrogen (secondary N) is 2. The standard InChI is InChI=1S/C17H16N2O3/c1-12-6-5-9-14(16(12)21)17(22)19-18-15(20)11-10-13-7-3-2-4-8-13/h2-11,21H,1H3,(H,18,20)(H,19,22)/b11-10+. The predicted octanol–water partition coefficient (Wildman–Crippen LogP) is 2.18. The number of phenolic OH excluding ortho intramolecular Hbond substituents is 1. The van der Waals surface area contributed by atoms with Crippen molar-refractivity contribution in [2.75, 3.05) is 0 Å². The van der Waals surface area contributed by atoms with E-state index in [-0.39, 0.29) is 11.3 Å². The fourth-order valence-corrected chi connectivity index (χ4v) is 1.81. The fraction of sp³-hybridized carbons (Fsp3) is 0.0588. The number of aryl methyl sites for hydroxylation is 1. The summed E-state index contributed by atoms with van der Waals surface area (Å²) in [5.74, 6) is -1.15. The van der Waals surface area contributed by atoms with Crippen LogP contribution in [-0.4, -0.2) is 16.9 Å². The second-order valence-corrected chi connectivity index (χ2v) is 4.66. The number of phenols is 1. The molecule has 0 aliphatic heterocycles. The molecule has 0 unspecified atom stereocenters. The Hall–Kier alpha value is -3.08. The second-order valence-electron chi connectivity index (χ2n) is 4.66. The molecule has 0 spiro atoms. The Morgan fingerprint density at radius 2 is 1.73 bits per heavy atom. The SMILES string of the molecule is Cc1cccc(C(=O)NNC(=O)/C=C/c2ccccc2)c1O. The van der Waals surface area contributed by atoms with Crippen molar-refractivity contribution in [3.05, 3.63) is 71.3 Å². The van der Waals surface area contributed by atoms with Crippen molar-refractivity contribution < 1.29 is 14.7 Å². The topological polar surface area (TPSA) is 78.4 Å². The average molecular weight is 296 g/mol. The summed E-state index contributed by atoms with van der Waals surface area (Å²) < 4.78 is 0. The molecule has 0 aliphatic carbocycles. The highest BCUT2D eigenvalue weighted by Crippen LogP contribution is 2.20. The van der Waals surface area contributed by atoms with Gasteiger partial charge in [0.05, 0.1) is 5.56 Å². The van der Waals surface area contributed by atoms with Gasteiger partial charge in [-0.1, -0.05) is 42.5 Å². The molecule has 5 nitrogen and oxygen atoms in total. The minimum Gasteiger partial charge on any atom is -0.507 e. The maximum absolute atomic E-state index is 11.9. The van der Waals surface area contributed by atoms with E-state index in [1.807, 2.05) is 30.3 Å². The number of hydrogen-bond acceptors (Lipinski definition) is 3. The molecule has 2 amide bonds. The van der Waals surface area contributed by atoms with Crippen LogP contribution in [0.4, 0.5) is 0 Å². The predicted molar refractivity (Wildman–Crippen MR) is 83.9 cm³/mol. The number of carbonyl (C=O) groups is 2. The van der Waals surface area contributed by atoms with Gasteiger partial charge in [0.25, 0.3) is 11.8 Å². The molecular formula is C17H16N2O3. The second kappa shape index (κ2) is 7.08. The largest absolute Gasteiger partial charge is 0.507 e. The lowest BCUT2D eigenvalue weighted by Crippen LogP contribution is -2.40. The summed E-state index contributed by atoms with van der Waals surface area (Å²) in [6, 6.07) is 14.1. The van der Waals surface area contributed by atoms with Crippen LogP contribution in [-0.2, 0) is 4.79 Å². The first-order chi connectivity index (χ1) is 10.6. The molecule has 0 atom stereocenters. The van der Waals surface area contributed by atoms with Gasteiger partial charge in [-0.3, -0.25) is 20.4 Å². The number of benzene rings is 2. The molecule has 0 heterocycles. The lowest BCUT2D eigenvalue weighted by molar-refractivity contribution is -0.117. The molecule has 5 heteroatoms. The molecule has 0 saturated carbocycles. The normalized spacial score (nSPS) is 10.4. The minimum atomic E-state index is -0.581. The van der Waals surface area contributed by atoms with Crippen LogP contribution in [0.5, 0.6) is 5.75 Å². The molecule has 0 aromatic heterocycles. The van der Waals surface area contributed by atoms with Crippen molar-refractivity contribution in [1.82, 2.24) is 10.9 Å². The molecule has 22 heavy (non-hydrogen) atoms. The van der Waals surface area contributed by atoms with Crippen molar-refractivity contribution >= 4 is 17.9 Å². The van der Waals surface area contributed by atoms with Gasteiger partial charge in [0.15, 0.2) is 0 Å². The molecule has 0 fully saturated rings. The van der Waals surface area contributed by atoms with Crippen LogP contribution in [0.3, 0.4) is 0 Å². The third kappa shape index (κ3) is 3.96. The molecular weight excluding hydrogens is 280 g/mol. The molecule has 0 aliphatic rings. The van der Waals surface area contributed by atoms with E-state index in [1.165, 1.54) is 12.1 Å². The van der Waals surface area contributed by atoms with Crippen molar-refractivity contribution in [2.24, 2.45) is 0 Å². The molecule has 0 saturated heterocycles. The summed E-state index contributed by atoms with van der Waals surface area (Å²) >= 11 is 0. The van der Waals surface area contributed by atoms with E-state index in [2.05, 4.69) is 10.9 Å². The summed E-state index contributed by atoms with van der Waals surface area (Å²) in [5.41, 5.74) is 6.08. The monoisotopic (exact) mass is 296 g/mol. The Labute approximate surface area is 128 Å². The van der Waals surface area contributed by atoms with Crippen LogP contribution in [0.1, 0.15) is 21.5 Å². The Bertz CT molecular complexity index is 709. The van der Waals surface area contributed by atoms with Gasteiger partial charge in [-0.15, -0.1) is 0 Å². The minimum absolute atomic E-state index is 0.103. The van der Waals surface area contributed by atoms with Gasteiger partial charge in [-0.05, 0) is 30.2 Å². The number of para-hydroxylation sites is 1. The summed E-state index contributed by atoms with van der Waals surface area (Å²) in [7, 11) is 0. The van der Waals surface area contributed by atoms with Gasteiger partial charge >= 0.3 is 0 Å². The van der Waals surface area contributed by atoms with Crippen molar-refractivity contribution in [2.45, 2.75) is 6.92 Å². The maximum Gasteiger partial charge on any atom is 0.273 e. The maximum atomic E-state index is 11.9. The first kappa shape index (κ1) is 15.3. The van der Waals surface area contributed by atoms with E-state index >= 15 is 0 Å². The molecule has 2 aromatic rings. The lowest BCUT2D eigenvalue weighted by atomic mass is 10.1. The summed E-state index contributed by atoms with van der Waals surface area (Å²) in [5, 5.41) is 9.80. The highest BCUT2D eigenvalue weighted by atomic mass is 16.3. The van der Waals surface area contributed by atoms with E-state index < -0.39 is 11.8 Å². The van der Waals surface area contributed by atoms with Crippen molar-refractivity contribution in [3.8, 4) is 5.75 Å². The van der Waals surface area contributed by atoms with Gasteiger partial charge in [0.1, 0.15) is 5.75 Å². The zero-order valence-electron chi connectivity index (χ0n) is 12.0. The van der Waals surface area contributed by atoms with Gasteiger partial charge in [0.2, 0.25) is 0 Å². The van der Waals surface area contributed by atoms with E-state index in [4.69, 9.17) is 0 Å². The van der Waals surface area contributed by atoms with Crippen LogP contribution >= 0.6 is 0 Å². The van der Waals surface area contributed by atoms with E-state index in [1.54, 1.807) is 25.1 Å². The third-order valence-corrected chi connectivity index (χ3v) is 3.01. The number of hydrogen-bond donors (Lipinski definition) is 3. The van der Waals surface area contributed by atoms with Crippen molar-refractivity contribution in [3.63, 3.8) is 0 Å². The Kier molecular flexibility index (Phi) is 4.93. The van der Waals surface area contributed by atoms with E-state index in [0.29, 0.717) is 5.56 Å². The Balaban J connectivity index is 1.92. The van der Waals surface area contributed by atoms with Crippen molar-refractivity contribution in [1.29, 1.82) is 0 Å². The average Bonchev–Trinajstić information content (AvgIpc) is 2.54. The first-order valence-corrected chi connectivity index (χ1v) is 6.70. The highest BCUT2D eigenvalue weighted by Gasteiger charge is 2.12. The van der Waals surface area contributed by atoms with Crippen LogP contribution in [0.2, 0.25) is 0 Å². The van der Waals surface area contributed by atoms with Crippen LogP contribution in [0, 0.1) is 6.92 Å². The van der Waals surface area contributed by atoms with Gasteiger partial charge < -0.3 is 5.11 Å². The number of carbonyl (C=O) groups excluding carboxylic acids is 2. The molecule has 2 rings (SSSR count). The summed E-state index contributed by atoms with van der Waals surface area (Å²) in [6.45, 7) is 1.69. The molecule has 112 valence electrons. The van der Waals surface area contributed by atoms with Crippen LogP contribution < -0.4 is 10.9 Å². The zero-order chi connectivity index (χ0) is 15.9. The number of amides is 2. The third-order valence-electron chi connectivity index (χ3n) is 3.01. The zero-order valence-corrected chi connectivity index (χ0v) is 12.0. The molecule has 2 aromatic carbocycles. The van der Waals surface area contributed by atoms with Crippen LogP contribution in [0.15, 0.2) is 54.6 Å². The summed E-state index contributed by atoms with van der Waals surface area (Å²) in [4.78, 5) is 23.5. The number of rotatable bonds is 3. The highest BCUT2D eigenvalue weighted by molar-refractivity contribution is 5.99. The van der Waals surface area contributed by atoms with Gasteiger partial charge in [-0.2, -0.15) is 0 Å². The first-order valence-electron chi connectivity index (χ1n) is 6.70. The molecule has 3 N–H and O–H groups in total. The van der Waals surface area contributed by atoms with E-state index in [0.717, 1.165) is 5.56 Å².